The predicted octanol–water partition coefficient (Wildman–Crippen LogP) is 4.65. The summed E-state index contributed by atoms with van der Waals surface area (Å²) in [5.41, 5.74) is 0.140. The van der Waals surface area contributed by atoms with Gasteiger partial charge in [-0.1, -0.05) is 25.4 Å². The van der Waals surface area contributed by atoms with Gasteiger partial charge in [-0.3, -0.25) is 0 Å². The van der Waals surface area contributed by atoms with Crippen molar-refractivity contribution in [1.29, 1.82) is 0 Å². The van der Waals surface area contributed by atoms with Crippen LogP contribution in [0, 0.1) is 23.0 Å². The van der Waals surface area contributed by atoms with E-state index in [0.29, 0.717) is 11.2 Å². The molecule has 1 atom stereocenters. The number of likely N-dealkylation sites (tertiary alicyclic amines) is 1. The van der Waals surface area contributed by atoms with E-state index in [0.717, 1.165) is 25.9 Å². The fourth-order valence-electron chi connectivity index (χ4n) is 4.95. The summed E-state index contributed by atoms with van der Waals surface area (Å²) in [4.78, 5) is 10.5. The monoisotopic (exact) mass is 476 g/mol. The second-order valence-electron chi connectivity index (χ2n) is 9.86. The highest BCUT2D eigenvalue weighted by Crippen LogP contribution is 2.49. The van der Waals surface area contributed by atoms with Crippen LogP contribution >= 0.6 is 11.6 Å². The number of ether oxygens (including phenoxy) is 1. The van der Waals surface area contributed by atoms with Crippen LogP contribution in [0.1, 0.15) is 33.6 Å². The quantitative estimate of drug-likeness (QED) is 0.522. The third-order valence-corrected chi connectivity index (χ3v) is 7.12. The molecule has 1 saturated heterocycles. The van der Waals surface area contributed by atoms with E-state index in [1.165, 1.54) is 23.0 Å². The molecule has 0 unspecified atom stereocenters. The van der Waals surface area contributed by atoms with E-state index in [-0.39, 0.29) is 45.9 Å². The van der Waals surface area contributed by atoms with Crippen molar-refractivity contribution in [2.24, 2.45) is 11.3 Å². The van der Waals surface area contributed by atoms with Crippen LogP contribution in [-0.4, -0.2) is 56.8 Å². The maximum atomic E-state index is 15.3. The lowest BCUT2D eigenvalue weighted by Crippen LogP contribution is -2.63. The molecule has 3 aromatic rings. The molecule has 0 amide bonds. The van der Waals surface area contributed by atoms with Crippen molar-refractivity contribution in [3.63, 3.8) is 0 Å². The van der Waals surface area contributed by atoms with E-state index in [4.69, 9.17) is 16.3 Å². The second kappa shape index (κ2) is 8.06. The van der Waals surface area contributed by atoms with Crippen molar-refractivity contribution in [1.82, 2.24) is 24.5 Å². The van der Waals surface area contributed by atoms with Crippen molar-refractivity contribution in [3.05, 3.63) is 35.2 Å². The number of benzene rings is 1. The summed E-state index contributed by atoms with van der Waals surface area (Å²) in [6, 6.07) is 2.40. The van der Waals surface area contributed by atoms with Crippen LogP contribution in [0.2, 0.25) is 5.15 Å². The smallest absolute Gasteiger partial charge is 0.255 e. The lowest BCUT2D eigenvalue weighted by atomic mass is 9.62. The molecule has 10 heteroatoms. The van der Waals surface area contributed by atoms with Crippen LogP contribution in [0.4, 0.5) is 14.6 Å². The van der Waals surface area contributed by atoms with E-state index in [9.17, 15) is 0 Å². The van der Waals surface area contributed by atoms with Crippen LogP contribution in [0.15, 0.2) is 18.5 Å². The molecule has 2 aromatic heterocycles. The highest BCUT2D eigenvalue weighted by atomic mass is 35.5. The number of halogens is 3. The molecule has 7 nitrogen and oxygen atoms in total. The van der Waals surface area contributed by atoms with Gasteiger partial charge in [-0.25, -0.2) is 8.78 Å². The Morgan fingerprint density at radius 1 is 1.15 bits per heavy atom. The zero-order chi connectivity index (χ0) is 23.5. The molecule has 33 heavy (non-hydrogen) atoms. The molecule has 1 N–H and O–H groups in total. The Morgan fingerprint density at radius 3 is 2.42 bits per heavy atom. The maximum absolute atomic E-state index is 15.3. The minimum Gasteiger partial charge on any atom is -0.490 e. The fourth-order valence-corrected chi connectivity index (χ4v) is 5.21. The zero-order valence-electron chi connectivity index (χ0n) is 19.1. The van der Waals surface area contributed by atoms with Crippen molar-refractivity contribution in [2.75, 3.05) is 25.5 Å². The van der Waals surface area contributed by atoms with E-state index >= 15 is 8.78 Å². The number of hydrogen-bond acceptors (Lipinski definition) is 6. The molecule has 1 aliphatic carbocycles. The van der Waals surface area contributed by atoms with Crippen LogP contribution in [0.5, 0.6) is 5.75 Å². The SMILES string of the molecule is CC(C)[C@@H](C)Nc1c(-c2c(F)cc(OC3CC4(C3)CN(C)C4)cc2F)c(Cl)nc2ncnn12. The highest BCUT2D eigenvalue weighted by molar-refractivity contribution is 6.33. The first-order chi connectivity index (χ1) is 15.7. The number of nitrogens with one attached hydrogen (secondary N) is 1. The molecule has 5 rings (SSSR count). The molecule has 1 spiro atoms. The zero-order valence-corrected chi connectivity index (χ0v) is 19.8. The van der Waals surface area contributed by atoms with E-state index in [2.05, 4.69) is 32.3 Å². The Hall–Kier alpha value is -2.52. The van der Waals surface area contributed by atoms with Gasteiger partial charge in [-0.15, -0.1) is 0 Å². The Bertz CT molecular complexity index is 1180. The molecule has 3 heterocycles. The van der Waals surface area contributed by atoms with Gasteiger partial charge < -0.3 is 15.0 Å². The molecular weight excluding hydrogens is 450 g/mol. The summed E-state index contributed by atoms with van der Waals surface area (Å²) in [7, 11) is 2.09. The summed E-state index contributed by atoms with van der Waals surface area (Å²) in [6.45, 7) is 8.15. The average molecular weight is 477 g/mol. The van der Waals surface area contributed by atoms with E-state index in [1.807, 2.05) is 20.8 Å². The van der Waals surface area contributed by atoms with E-state index in [1.54, 1.807) is 0 Å². The Morgan fingerprint density at radius 2 is 1.82 bits per heavy atom. The number of aromatic nitrogens is 4. The summed E-state index contributed by atoms with van der Waals surface area (Å²) in [5.74, 6) is -0.544. The van der Waals surface area contributed by atoms with Gasteiger partial charge in [0.25, 0.3) is 5.78 Å². The summed E-state index contributed by atoms with van der Waals surface area (Å²) >= 11 is 6.43. The van der Waals surface area contributed by atoms with Crippen LogP contribution in [0.25, 0.3) is 16.9 Å². The minimum atomic E-state index is -0.772. The molecule has 1 aromatic carbocycles. The number of anilines is 1. The van der Waals surface area contributed by atoms with Crippen molar-refractivity contribution < 1.29 is 13.5 Å². The lowest BCUT2D eigenvalue weighted by molar-refractivity contribution is -0.109. The molecule has 2 aliphatic rings. The van der Waals surface area contributed by atoms with Gasteiger partial charge in [0, 0.05) is 36.7 Å². The molecular formula is C23H27ClF2N6O. The maximum Gasteiger partial charge on any atom is 0.255 e. The number of nitrogens with zero attached hydrogens (tertiary/aromatic N) is 5. The standard InChI is InChI=1S/C23H27ClF2N6O/c1-12(2)13(3)29-21-19(20(24)30-22-27-11-28-32(21)22)18-16(25)5-14(6-17(18)26)33-15-7-23(8-15)9-31(4)10-23/h5-6,11-13,15,29H,7-10H2,1-4H3/t13-/m1/s1. The second-order valence-corrected chi connectivity index (χ2v) is 10.2. The van der Waals surface area contributed by atoms with Crippen molar-refractivity contribution in [2.45, 2.75) is 45.8 Å². The van der Waals surface area contributed by atoms with E-state index < -0.39 is 11.6 Å². The van der Waals surface area contributed by atoms with Gasteiger partial charge in [0.15, 0.2) is 0 Å². The molecule has 0 radical (unpaired) electrons. The van der Waals surface area contributed by atoms with Gasteiger partial charge in [0.1, 0.15) is 34.7 Å². The number of fused-ring (bicyclic) bond motifs is 1. The first kappa shape index (κ1) is 22.3. The summed E-state index contributed by atoms with van der Waals surface area (Å²) in [5, 5.41) is 7.41. The normalized spacial score (nSPS) is 19.0. The van der Waals surface area contributed by atoms with Gasteiger partial charge in [0.05, 0.1) is 17.2 Å². The summed E-state index contributed by atoms with van der Waals surface area (Å²) in [6.07, 6.45) is 3.11. The van der Waals surface area contributed by atoms with Gasteiger partial charge >= 0.3 is 0 Å². The van der Waals surface area contributed by atoms with Crippen LogP contribution in [0.3, 0.4) is 0 Å². The Kier molecular flexibility index (Phi) is 5.44. The minimum absolute atomic E-state index is 0.0239. The fraction of sp³-hybridized carbons (Fsp3) is 0.522. The third-order valence-electron chi connectivity index (χ3n) is 6.85. The number of rotatable bonds is 6. The molecule has 1 aliphatic heterocycles. The number of hydrogen-bond donors (Lipinski definition) is 1. The molecule has 0 bridgehead atoms. The Labute approximate surface area is 196 Å². The van der Waals surface area contributed by atoms with Gasteiger partial charge in [-0.05, 0) is 32.7 Å². The largest absolute Gasteiger partial charge is 0.490 e. The lowest BCUT2D eigenvalue weighted by Gasteiger charge is -2.57. The van der Waals surface area contributed by atoms with Gasteiger partial charge in [0.2, 0.25) is 0 Å². The summed E-state index contributed by atoms with van der Waals surface area (Å²) < 4.78 is 38.0. The van der Waals surface area contributed by atoms with Gasteiger partial charge in [-0.2, -0.15) is 19.6 Å². The first-order valence-corrected chi connectivity index (χ1v) is 11.5. The highest BCUT2D eigenvalue weighted by Gasteiger charge is 2.52. The van der Waals surface area contributed by atoms with Crippen LogP contribution < -0.4 is 10.1 Å². The topological polar surface area (TPSA) is 67.6 Å². The molecule has 1 saturated carbocycles. The Balaban J connectivity index is 1.49. The first-order valence-electron chi connectivity index (χ1n) is 11.2. The molecule has 2 fully saturated rings. The van der Waals surface area contributed by atoms with Crippen molar-refractivity contribution >= 4 is 23.2 Å². The van der Waals surface area contributed by atoms with Crippen molar-refractivity contribution in [3.8, 4) is 16.9 Å². The third kappa shape index (κ3) is 3.91. The van der Waals surface area contributed by atoms with Crippen LogP contribution in [-0.2, 0) is 0 Å². The molecule has 176 valence electrons. The average Bonchev–Trinajstić information content (AvgIpc) is 3.14. The predicted molar refractivity (Wildman–Crippen MR) is 123 cm³/mol.